The Bertz CT molecular complexity index is 464. The fourth-order valence-corrected chi connectivity index (χ4v) is 1.59. The monoisotopic (exact) mass is 198 g/mol. The van der Waals surface area contributed by atoms with Crippen molar-refractivity contribution in [3.63, 3.8) is 0 Å². The summed E-state index contributed by atoms with van der Waals surface area (Å²) in [5.74, 6) is 0. The SMILES string of the molecule is Cc1cccc(-c2ccnc(CN)c2)c1. The summed E-state index contributed by atoms with van der Waals surface area (Å²) in [5, 5.41) is 0. The zero-order valence-corrected chi connectivity index (χ0v) is 8.77. The number of aromatic nitrogens is 1. The van der Waals surface area contributed by atoms with Gasteiger partial charge in [-0.05, 0) is 30.2 Å². The molecule has 0 aliphatic carbocycles. The summed E-state index contributed by atoms with van der Waals surface area (Å²) in [6.45, 7) is 2.58. The molecule has 1 aromatic carbocycles. The minimum absolute atomic E-state index is 0.486. The molecule has 0 saturated carbocycles. The molecule has 0 aliphatic heterocycles. The second kappa shape index (κ2) is 4.24. The van der Waals surface area contributed by atoms with E-state index in [1.165, 1.54) is 16.7 Å². The minimum atomic E-state index is 0.486. The predicted molar refractivity (Wildman–Crippen MR) is 62.3 cm³/mol. The Balaban J connectivity index is 2.44. The van der Waals surface area contributed by atoms with Gasteiger partial charge in [0.1, 0.15) is 0 Å². The van der Waals surface area contributed by atoms with Crippen LogP contribution in [0.25, 0.3) is 11.1 Å². The zero-order chi connectivity index (χ0) is 10.7. The van der Waals surface area contributed by atoms with Gasteiger partial charge in [0.2, 0.25) is 0 Å². The molecule has 0 fully saturated rings. The van der Waals surface area contributed by atoms with E-state index in [0.717, 1.165) is 5.69 Å². The smallest absolute Gasteiger partial charge is 0.0545 e. The number of nitrogens with zero attached hydrogens (tertiary/aromatic N) is 1. The molecule has 0 saturated heterocycles. The normalized spacial score (nSPS) is 10.3. The lowest BCUT2D eigenvalue weighted by atomic mass is 10.0. The molecular weight excluding hydrogens is 184 g/mol. The summed E-state index contributed by atoms with van der Waals surface area (Å²) in [4.78, 5) is 4.18. The van der Waals surface area contributed by atoms with Gasteiger partial charge >= 0.3 is 0 Å². The first-order valence-corrected chi connectivity index (χ1v) is 5.01. The second-order valence-corrected chi connectivity index (χ2v) is 3.61. The van der Waals surface area contributed by atoms with Gasteiger partial charge < -0.3 is 5.73 Å². The summed E-state index contributed by atoms with van der Waals surface area (Å²) in [7, 11) is 0. The van der Waals surface area contributed by atoms with Crippen LogP contribution in [0.5, 0.6) is 0 Å². The van der Waals surface area contributed by atoms with E-state index < -0.39 is 0 Å². The third kappa shape index (κ3) is 2.22. The average molecular weight is 198 g/mol. The van der Waals surface area contributed by atoms with Crippen LogP contribution >= 0.6 is 0 Å². The van der Waals surface area contributed by atoms with Crippen LogP contribution in [0, 0.1) is 6.92 Å². The predicted octanol–water partition coefficient (Wildman–Crippen LogP) is 2.52. The van der Waals surface area contributed by atoms with Crippen LogP contribution in [-0.2, 0) is 6.54 Å². The average Bonchev–Trinajstić information content (AvgIpc) is 2.29. The number of nitrogens with two attached hydrogens (primary N) is 1. The first-order valence-electron chi connectivity index (χ1n) is 5.01. The van der Waals surface area contributed by atoms with Crippen molar-refractivity contribution >= 4 is 0 Å². The van der Waals surface area contributed by atoms with Crippen molar-refractivity contribution < 1.29 is 0 Å². The molecule has 1 aromatic heterocycles. The van der Waals surface area contributed by atoms with Crippen LogP contribution in [0.15, 0.2) is 42.6 Å². The van der Waals surface area contributed by atoms with E-state index >= 15 is 0 Å². The first kappa shape index (κ1) is 9.87. The molecule has 0 amide bonds. The van der Waals surface area contributed by atoms with Gasteiger partial charge in [-0.25, -0.2) is 0 Å². The van der Waals surface area contributed by atoms with E-state index in [1.807, 2.05) is 12.1 Å². The minimum Gasteiger partial charge on any atom is -0.325 e. The van der Waals surface area contributed by atoms with Crippen molar-refractivity contribution in [3.8, 4) is 11.1 Å². The highest BCUT2D eigenvalue weighted by Crippen LogP contribution is 2.20. The molecule has 0 unspecified atom stereocenters. The van der Waals surface area contributed by atoms with E-state index in [1.54, 1.807) is 6.20 Å². The van der Waals surface area contributed by atoms with Crippen LogP contribution in [0.4, 0.5) is 0 Å². The highest BCUT2D eigenvalue weighted by Gasteiger charge is 1.99. The lowest BCUT2D eigenvalue weighted by molar-refractivity contribution is 0.991. The number of hydrogen-bond donors (Lipinski definition) is 1. The second-order valence-electron chi connectivity index (χ2n) is 3.61. The molecule has 0 radical (unpaired) electrons. The molecule has 2 nitrogen and oxygen atoms in total. The maximum atomic E-state index is 5.56. The molecule has 0 atom stereocenters. The molecule has 2 rings (SSSR count). The number of benzene rings is 1. The first-order chi connectivity index (χ1) is 7.29. The largest absolute Gasteiger partial charge is 0.325 e. The van der Waals surface area contributed by atoms with Crippen molar-refractivity contribution in [1.29, 1.82) is 0 Å². The van der Waals surface area contributed by atoms with Gasteiger partial charge in [-0.1, -0.05) is 29.8 Å². The Hall–Kier alpha value is -1.67. The Morgan fingerprint density at radius 2 is 1.93 bits per heavy atom. The van der Waals surface area contributed by atoms with Crippen LogP contribution in [0.1, 0.15) is 11.3 Å². The number of pyridine rings is 1. The maximum absolute atomic E-state index is 5.56. The fourth-order valence-electron chi connectivity index (χ4n) is 1.59. The molecule has 2 aromatic rings. The van der Waals surface area contributed by atoms with E-state index in [0.29, 0.717) is 6.54 Å². The molecule has 0 bridgehead atoms. The highest BCUT2D eigenvalue weighted by atomic mass is 14.7. The number of rotatable bonds is 2. The standard InChI is InChI=1S/C13H14N2/c1-10-3-2-4-11(7-10)12-5-6-15-13(8-12)9-14/h2-8H,9,14H2,1H3. The third-order valence-electron chi connectivity index (χ3n) is 2.38. The lowest BCUT2D eigenvalue weighted by Crippen LogP contribution is -1.98. The van der Waals surface area contributed by atoms with E-state index in [4.69, 9.17) is 5.73 Å². The van der Waals surface area contributed by atoms with Crippen LogP contribution in [0.2, 0.25) is 0 Å². The zero-order valence-electron chi connectivity index (χ0n) is 8.77. The molecule has 15 heavy (non-hydrogen) atoms. The van der Waals surface area contributed by atoms with Gasteiger partial charge in [-0.15, -0.1) is 0 Å². The quantitative estimate of drug-likeness (QED) is 0.805. The molecule has 0 aliphatic rings. The van der Waals surface area contributed by atoms with Gasteiger partial charge in [0.15, 0.2) is 0 Å². The van der Waals surface area contributed by atoms with Gasteiger partial charge in [-0.3, -0.25) is 4.98 Å². The van der Waals surface area contributed by atoms with Crippen LogP contribution in [-0.4, -0.2) is 4.98 Å². The molecule has 1 heterocycles. The maximum Gasteiger partial charge on any atom is 0.0545 e. The molecule has 2 N–H and O–H groups in total. The molecule has 0 spiro atoms. The highest BCUT2D eigenvalue weighted by molar-refractivity contribution is 5.64. The third-order valence-corrected chi connectivity index (χ3v) is 2.38. The summed E-state index contributed by atoms with van der Waals surface area (Å²) in [5.41, 5.74) is 10.1. The van der Waals surface area contributed by atoms with Gasteiger partial charge in [-0.2, -0.15) is 0 Å². The summed E-state index contributed by atoms with van der Waals surface area (Å²) < 4.78 is 0. The van der Waals surface area contributed by atoms with Gasteiger partial charge in [0.05, 0.1) is 5.69 Å². The van der Waals surface area contributed by atoms with Crippen molar-refractivity contribution in [2.24, 2.45) is 5.73 Å². The summed E-state index contributed by atoms with van der Waals surface area (Å²) >= 11 is 0. The van der Waals surface area contributed by atoms with Crippen molar-refractivity contribution in [2.45, 2.75) is 13.5 Å². The summed E-state index contributed by atoms with van der Waals surface area (Å²) in [6.07, 6.45) is 1.81. The van der Waals surface area contributed by atoms with Crippen LogP contribution in [0.3, 0.4) is 0 Å². The molecule has 2 heteroatoms. The van der Waals surface area contributed by atoms with Crippen molar-refractivity contribution in [3.05, 3.63) is 53.9 Å². The molecule has 76 valence electrons. The Morgan fingerprint density at radius 3 is 2.67 bits per heavy atom. The van der Waals surface area contributed by atoms with Crippen LogP contribution < -0.4 is 5.73 Å². The number of hydrogen-bond acceptors (Lipinski definition) is 2. The Kier molecular flexibility index (Phi) is 2.79. The van der Waals surface area contributed by atoms with Gasteiger partial charge in [0.25, 0.3) is 0 Å². The Labute approximate surface area is 89.8 Å². The topological polar surface area (TPSA) is 38.9 Å². The van der Waals surface area contributed by atoms with E-state index in [2.05, 4.69) is 36.2 Å². The van der Waals surface area contributed by atoms with Gasteiger partial charge in [0, 0.05) is 12.7 Å². The molecular formula is C13H14N2. The lowest BCUT2D eigenvalue weighted by Gasteiger charge is -2.04. The van der Waals surface area contributed by atoms with Crippen molar-refractivity contribution in [2.75, 3.05) is 0 Å². The fraction of sp³-hybridized carbons (Fsp3) is 0.154. The van der Waals surface area contributed by atoms with Crippen molar-refractivity contribution in [1.82, 2.24) is 4.98 Å². The summed E-state index contributed by atoms with van der Waals surface area (Å²) in [6, 6.07) is 12.5. The van der Waals surface area contributed by atoms with E-state index in [9.17, 15) is 0 Å². The Morgan fingerprint density at radius 1 is 1.13 bits per heavy atom. The van der Waals surface area contributed by atoms with E-state index in [-0.39, 0.29) is 0 Å². The number of aryl methyl sites for hydroxylation is 1.